The van der Waals surface area contributed by atoms with Gasteiger partial charge in [0, 0.05) is 5.92 Å². The van der Waals surface area contributed by atoms with Gasteiger partial charge in [-0.05, 0) is 0 Å². The maximum Gasteiger partial charge on any atom is 0.111 e. The van der Waals surface area contributed by atoms with Crippen molar-refractivity contribution in [1.29, 1.82) is 0 Å². The molecule has 5 N–H and O–H groups in total. The van der Waals surface area contributed by atoms with Crippen molar-refractivity contribution >= 4 is 0 Å². The summed E-state index contributed by atoms with van der Waals surface area (Å²) in [6.07, 6.45) is -6.65. The SMILES string of the molecule is CC1C(O)C(O)C(O)C(O)[C@@H]1O. The third kappa shape index (κ3) is 1.34. The maximum atomic E-state index is 9.22. The normalized spacial score (nSPS) is 55.5. The molecule has 0 aromatic carbocycles. The molecule has 0 aromatic heterocycles. The molecular formula is C7H14O5. The molecule has 1 aliphatic carbocycles. The van der Waals surface area contributed by atoms with Crippen LogP contribution in [0.15, 0.2) is 0 Å². The minimum absolute atomic E-state index is 0.640. The van der Waals surface area contributed by atoms with Crippen molar-refractivity contribution in [1.82, 2.24) is 0 Å². The van der Waals surface area contributed by atoms with E-state index in [1.165, 1.54) is 6.92 Å². The summed E-state index contributed by atoms with van der Waals surface area (Å²) in [6, 6.07) is 0. The highest BCUT2D eigenvalue weighted by atomic mass is 16.4. The van der Waals surface area contributed by atoms with Crippen LogP contribution in [0, 0.1) is 5.92 Å². The van der Waals surface area contributed by atoms with Gasteiger partial charge in [-0.15, -0.1) is 0 Å². The lowest BCUT2D eigenvalue weighted by Gasteiger charge is -2.40. The van der Waals surface area contributed by atoms with Gasteiger partial charge in [-0.3, -0.25) is 0 Å². The van der Waals surface area contributed by atoms with Gasteiger partial charge in [-0.2, -0.15) is 0 Å². The Bertz CT molecular complexity index is 103. The van der Waals surface area contributed by atoms with Crippen LogP contribution in [0.25, 0.3) is 0 Å². The zero-order valence-electron chi connectivity index (χ0n) is 6.70. The third-order valence-corrected chi connectivity index (χ3v) is 2.48. The smallest absolute Gasteiger partial charge is 0.111 e. The lowest BCUT2D eigenvalue weighted by atomic mass is 9.80. The average Bonchev–Trinajstić information content (AvgIpc) is 2.08. The van der Waals surface area contributed by atoms with Gasteiger partial charge < -0.3 is 25.5 Å². The summed E-state index contributed by atoms with van der Waals surface area (Å²) in [7, 11) is 0. The van der Waals surface area contributed by atoms with Crippen LogP contribution in [0.5, 0.6) is 0 Å². The molecule has 0 aromatic rings. The standard InChI is InChI=1S/C7H14O5/c1-2-3(8)5(10)7(12)6(11)4(2)9/h2-12H,1H3/t2?,3-,4?,5?,6?,7?/m1/s1. The topological polar surface area (TPSA) is 101 Å². The van der Waals surface area contributed by atoms with E-state index in [4.69, 9.17) is 15.3 Å². The summed E-state index contributed by atoms with van der Waals surface area (Å²) in [4.78, 5) is 0. The quantitative estimate of drug-likeness (QED) is 0.281. The zero-order valence-corrected chi connectivity index (χ0v) is 6.70. The van der Waals surface area contributed by atoms with Crippen molar-refractivity contribution in [2.45, 2.75) is 37.4 Å². The van der Waals surface area contributed by atoms with Gasteiger partial charge >= 0.3 is 0 Å². The van der Waals surface area contributed by atoms with E-state index in [2.05, 4.69) is 0 Å². The van der Waals surface area contributed by atoms with E-state index in [0.717, 1.165) is 0 Å². The second-order valence-corrected chi connectivity index (χ2v) is 3.31. The van der Waals surface area contributed by atoms with Crippen molar-refractivity contribution < 1.29 is 25.5 Å². The molecule has 5 unspecified atom stereocenters. The van der Waals surface area contributed by atoms with E-state index in [9.17, 15) is 10.2 Å². The van der Waals surface area contributed by atoms with Gasteiger partial charge in [0.15, 0.2) is 0 Å². The Balaban J connectivity index is 2.76. The second-order valence-electron chi connectivity index (χ2n) is 3.31. The van der Waals surface area contributed by atoms with Crippen molar-refractivity contribution in [2.75, 3.05) is 0 Å². The summed E-state index contributed by atoms with van der Waals surface area (Å²) in [5.74, 6) is -0.640. The van der Waals surface area contributed by atoms with Crippen LogP contribution in [0.2, 0.25) is 0 Å². The predicted molar refractivity (Wildman–Crippen MR) is 39.2 cm³/mol. The Hall–Kier alpha value is -0.200. The Morgan fingerprint density at radius 2 is 0.833 bits per heavy atom. The molecule has 72 valence electrons. The van der Waals surface area contributed by atoms with Crippen LogP contribution in [0.3, 0.4) is 0 Å². The molecule has 0 saturated heterocycles. The minimum Gasteiger partial charge on any atom is -0.390 e. The minimum atomic E-state index is -1.48. The molecule has 5 nitrogen and oxygen atoms in total. The highest BCUT2D eigenvalue weighted by Crippen LogP contribution is 2.25. The first-order valence-corrected chi connectivity index (χ1v) is 3.87. The summed E-state index contributed by atoms with van der Waals surface area (Å²) < 4.78 is 0. The Morgan fingerprint density at radius 3 is 1.17 bits per heavy atom. The number of aliphatic hydroxyl groups excluding tert-OH is 5. The third-order valence-electron chi connectivity index (χ3n) is 2.48. The van der Waals surface area contributed by atoms with Crippen molar-refractivity contribution in [2.24, 2.45) is 5.92 Å². The Morgan fingerprint density at radius 1 is 0.583 bits per heavy atom. The zero-order chi connectivity index (χ0) is 9.46. The number of rotatable bonds is 0. The molecule has 5 heteroatoms. The van der Waals surface area contributed by atoms with Crippen LogP contribution < -0.4 is 0 Å². The second kappa shape index (κ2) is 3.27. The molecule has 0 amide bonds. The van der Waals surface area contributed by atoms with Crippen LogP contribution >= 0.6 is 0 Å². The predicted octanol–water partition coefficient (Wildman–Crippen LogP) is -2.56. The van der Waals surface area contributed by atoms with E-state index < -0.39 is 36.4 Å². The number of hydrogen-bond acceptors (Lipinski definition) is 5. The van der Waals surface area contributed by atoms with Gasteiger partial charge in [0.05, 0.1) is 12.2 Å². The molecule has 0 aliphatic heterocycles. The van der Waals surface area contributed by atoms with Crippen LogP contribution in [0.1, 0.15) is 6.92 Å². The van der Waals surface area contributed by atoms with E-state index in [0.29, 0.717) is 0 Å². The van der Waals surface area contributed by atoms with E-state index >= 15 is 0 Å². The van der Waals surface area contributed by atoms with Crippen LogP contribution in [0.4, 0.5) is 0 Å². The monoisotopic (exact) mass is 178 g/mol. The molecule has 0 bridgehead atoms. The molecule has 1 rings (SSSR count). The molecule has 1 aliphatic rings. The molecule has 6 atom stereocenters. The fourth-order valence-corrected chi connectivity index (χ4v) is 1.43. The fourth-order valence-electron chi connectivity index (χ4n) is 1.43. The van der Waals surface area contributed by atoms with E-state index in [-0.39, 0.29) is 0 Å². The first kappa shape index (κ1) is 9.88. The van der Waals surface area contributed by atoms with Gasteiger partial charge in [-0.1, -0.05) is 6.92 Å². The van der Waals surface area contributed by atoms with Crippen LogP contribution in [-0.4, -0.2) is 56.1 Å². The Kier molecular flexibility index (Phi) is 2.70. The summed E-state index contributed by atoms with van der Waals surface area (Å²) >= 11 is 0. The highest BCUT2D eigenvalue weighted by Gasteiger charge is 2.45. The molecular weight excluding hydrogens is 164 g/mol. The lowest BCUT2D eigenvalue weighted by molar-refractivity contribution is -0.200. The van der Waals surface area contributed by atoms with Gasteiger partial charge in [0.1, 0.15) is 18.3 Å². The van der Waals surface area contributed by atoms with E-state index in [1.807, 2.05) is 0 Å². The number of aliphatic hydroxyl groups is 5. The average molecular weight is 178 g/mol. The highest BCUT2D eigenvalue weighted by molar-refractivity contribution is 4.96. The lowest BCUT2D eigenvalue weighted by Crippen LogP contribution is -2.60. The van der Waals surface area contributed by atoms with Gasteiger partial charge in [0.2, 0.25) is 0 Å². The summed E-state index contributed by atoms with van der Waals surface area (Å²) in [5, 5.41) is 45.8. The van der Waals surface area contributed by atoms with E-state index in [1.54, 1.807) is 0 Å². The first-order valence-electron chi connectivity index (χ1n) is 3.87. The summed E-state index contributed by atoms with van der Waals surface area (Å²) in [6.45, 7) is 1.49. The molecule has 1 saturated carbocycles. The molecule has 0 heterocycles. The van der Waals surface area contributed by atoms with Gasteiger partial charge in [-0.25, -0.2) is 0 Å². The fraction of sp³-hybridized carbons (Fsp3) is 1.00. The maximum absolute atomic E-state index is 9.22. The molecule has 1 fully saturated rings. The van der Waals surface area contributed by atoms with Crippen LogP contribution in [-0.2, 0) is 0 Å². The Labute approximate surface area is 69.9 Å². The summed E-state index contributed by atoms with van der Waals surface area (Å²) in [5.41, 5.74) is 0. The van der Waals surface area contributed by atoms with Crippen molar-refractivity contribution in [3.8, 4) is 0 Å². The van der Waals surface area contributed by atoms with Crippen molar-refractivity contribution in [3.63, 3.8) is 0 Å². The molecule has 0 radical (unpaired) electrons. The largest absolute Gasteiger partial charge is 0.390 e. The van der Waals surface area contributed by atoms with Gasteiger partial charge in [0.25, 0.3) is 0 Å². The molecule has 0 spiro atoms. The number of hydrogen-bond donors (Lipinski definition) is 5. The van der Waals surface area contributed by atoms with Crippen molar-refractivity contribution in [3.05, 3.63) is 0 Å². The molecule has 12 heavy (non-hydrogen) atoms. The first-order chi connectivity index (χ1) is 5.46.